The number of rotatable bonds is 3. The Labute approximate surface area is 155 Å². The summed E-state index contributed by atoms with van der Waals surface area (Å²) in [6.45, 7) is 3.62. The third-order valence-corrected chi connectivity index (χ3v) is 6.92. The first-order chi connectivity index (χ1) is 11.6. The number of nitro groups is 1. The van der Waals surface area contributed by atoms with Crippen molar-refractivity contribution >= 4 is 51.2 Å². The monoisotopic (exact) mass is 428 g/mol. The number of alkyl halides is 1. The lowest BCUT2D eigenvalue weighted by molar-refractivity contribution is -0.384. The molecule has 1 aromatic carbocycles. The molecule has 0 unspecified atom stereocenters. The number of ether oxygens (including phenoxy) is 1. The van der Waals surface area contributed by atoms with Gasteiger partial charge in [-0.2, -0.15) is 0 Å². The molecule has 132 valence electrons. The summed E-state index contributed by atoms with van der Waals surface area (Å²) in [5.41, 5.74) is -0.152. The van der Waals surface area contributed by atoms with E-state index in [4.69, 9.17) is 4.74 Å². The van der Waals surface area contributed by atoms with E-state index in [9.17, 15) is 24.5 Å². The van der Waals surface area contributed by atoms with Crippen molar-refractivity contribution in [2.45, 2.75) is 34.8 Å². The molecule has 2 heterocycles. The molecule has 1 amide bonds. The SMILES string of the molecule is CC1(C)S[C@@H]2[C@@H](Br)C(=O)N2[C@H]1C(=O)OC(=O)c1ccc([N+](=O)[O-])cc1. The third kappa shape index (κ3) is 2.93. The molecule has 0 aliphatic carbocycles. The Kier molecular flexibility index (Phi) is 4.36. The number of benzene rings is 1. The zero-order valence-electron chi connectivity index (χ0n) is 13.2. The number of thioether (sulfide) groups is 1. The average molecular weight is 429 g/mol. The maximum atomic E-state index is 12.5. The van der Waals surface area contributed by atoms with Crippen molar-refractivity contribution < 1.29 is 24.0 Å². The number of hydrogen-bond acceptors (Lipinski definition) is 7. The number of hydrogen-bond donors (Lipinski definition) is 0. The maximum absolute atomic E-state index is 12.5. The topological polar surface area (TPSA) is 107 Å². The highest BCUT2D eigenvalue weighted by atomic mass is 79.9. The molecule has 2 fully saturated rings. The van der Waals surface area contributed by atoms with Crippen molar-refractivity contribution in [2.75, 3.05) is 0 Å². The molecule has 8 nitrogen and oxygen atoms in total. The first kappa shape index (κ1) is 17.9. The van der Waals surface area contributed by atoms with Crippen LogP contribution in [0.3, 0.4) is 0 Å². The quantitative estimate of drug-likeness (QED) is 0.181. The van der Waals surface area contributed by atoms with Gasteiger partial charge in [0.25, 0.3) is 5.69 Å². The van der Waals surface area contributed by atoms with Gasteiger partial charge in [0.1, 0.15) is 16.2 Å². The number of halogens is 1. The second-order valence-electron chi connectivity index (χ2n) is 6.17. The van der Waals surface area contributed by atoms with Gasteiger partial charge in [-0.1, -0.05) is 15.9 Å². The van der Waals surface area contributed by atoms with Gasteiger partial charge in [0, 0.05) is 16.9 Å². The standard InChI is InChI=1S/C15H13BrN2O6S/c1-15(2)10(17-11(19)9(16)12(17)25-15)14(21)24-13(20)7-3-5-8(6-4-7)18(22)23/h3-6,9-10,12H,1-2H3/t9-,10-,12+/m0/s1. The molecule has 2 aliphatic heterocycles. The third-order valence-electron chi connectivity index (χ3n) is 4.11. The molecule has 10 heteroatoms. The molecular weight excluding hydrogens is 416 g/mol. The molecule has 3 rings (SSSR count). The Morgan fingerprint density at radius 1 is 1.32 bits per heavy atom. The highest BCUT2D eigenvalue weighted by Crippen LogP contribution is 2.52. The minimum Gasteiger partial charge on any atom is -0.388 e. The Morgan fingerprint density at radius 2 is 1.92 bits per heavy atom. The number of β-lactam (4-membered cyclic amide) rings is 1. The zero-order chi connectivity index (χ0) is 18.5. The molecule has 0 radical (unpaired) electrons. The van der Waals surface area contributed by atoms with Gasteiger partial charge in [-0.25, -0.2) is 9.59 Å². The lowest BCUT2D eigenvalue weighted by Gasteiger charge is -2.41. The summed E-state index contributed by atoms with van der Waals surface area (Å²) in [6, 6.07) is 3.87. The number of esters is 2. The second-order valence-corrected chi connectivity index (χ2v) is 8.93. The van der Waals surface area contributed by atoms with Crippen molar-refractivity contribution in [2.24, 2.45) is 0 Å². The van der Waals surface area contributed by atoms with Crippen molar-refractivity contribution in [1.29, 1.82) is 0 Å². The smallest absolute Gasteiger partial charge is 0.345 e. The number of fused-ring (bicyclic) bond motifs is 1. The fourth-order valence-corrected chi connectivity index (χ4v) is 5.22. The van der Waals surface area contributed by atoms with Crippen LogP contribution in [0.1, 0.15) is 24.2 Å². The van der Waals surface area contributed by atoms with Gasteiger partial charge in [0.15, 0.2) is 0 Å². The normalized spacial score (nSPS) is 26.6. The van der Waals surface area contributed by atoms with E-state index in [2.05, 4.69) is 15.9 Å². The molecule has 0 saturated carbocycles. The van der Waals surface area contributed by atoms with Crippen LogP contribution in [-0.2, 0) is 14.3 Å². The average Bonchev–Trinajstić information content (AvgIpc) is 2.83. The number of nitrogens with zero attached hydrogens (tertiary/aromatic N) is 2. The summed E-state index contributed by atoms with van der Waals surface area (Å²) >= 11 is 4.75. The first-order valence-corrected chi connectivity index (χ1v) is 9.07. The fraction of sp³-hybridized carbons (Fsp3) is 0.400. The molecule has 3 atom stereocenters. The number of carbonyl (C=O) groups is 3. The molecule has 0 aromatic heterocycles. The minimum atomic E-state index is -0.910. The van der Waals surface area contributed by atoms with Crippen LogP contribution in [0.25, 0.3) is 0 Å². The van der Waals surface area contributed by atoms with Crippen LogP contribution in [0.5, 0.6) is 0 Å². The van der Waals surface area contributed by atoms with Crippen LogP contribution in [0, 0.1) is 10.1 Å². The highest BCUT2D eigenvalue weighted by molar-refractivity contribution is 9.10. The van der Waals surface area contributed by atoms with Crippen LogP contribution in [0.2, 0.25) is 0 Å². The van der Waals surface area contributed by atoms with E-state index in [-0.39, 0.29) is 27.4 Å². The lowest BCUT2D eigenvalue weighted by atomic mass is 9.98. The summed E-state index contributed by atoms with van der Waals surface area (Å²) in [5.74, 6) is -1.93. The Bertz CT molecular complexity index is 781. The summed E-state index contributed by atoms with van der Waals surface area (Å²) in [4.78, 5) is 47.7. The Hall–Kier alpha value is -1.94. The van der Waals surface area contributed by atoms with E-state index in [0.29, 0.717) is 0 Å². The highest BCUT2D eigenvalue weighted by Gasteiger charge is 2.63. The molecule has 0 N–H and O–H groups in total. The van der Waals surface area contributed by atoms with Gasteiger partial charge in [0.2, 0.25) is 5.91 Å². The molecule has 0 bridgehead atoms. The fourth-order valence-electron chi connectivity index (χ4n) is 2.87. The predicted octanol–water partition coefficient (Wildman–Crippen LogP) is 2.10. The largest absolute Gasteiger partial charge is 0.388 e. The summed E-state index contributed by atoms with van der Waals surface area (Å²) in [5, 5.41) is 10.5. The lowest BCUT2D eigenvalue weighted by Crippen LogP contribution is -2.63. The summed E-state index contributed by atoms with van der Waals surface area (Å²) in [6.07, 6.45) is 0. The van der Waals surface area contributed by atoms with E-state index in [0.717, 1.165) is 12.1 Å². The number of non-ortho nitro benzene ring substituents is 1. The number of amides is 1. The van der Waals surface area contributed by atoms with Gasteiger partial charge in [-0.15, -0.1) is 11.8 Å². The molecule has 2 saturated heterocycles. The summed E-state index contributed by atoms with van der Waals surface area (Å²) in [7, 11) is 0. The maximum Gasteiger partial charge on any atom is 0.345 e. The molecule has 25 heavy (non-hydrogen) atoms. The first-order valence-electron chi connectivity index (χ1n) is 7.28. The van der Waals surface area contributed by atoms with Gasteiger partial charge in [-0.05, 0) is 26.0 Å². The van der Waals surface area contributed by atoms with Crippen molar-refractivity contribution in [1.82, 2.24) is 4.90 Å². The van der Waals surface area contributed by atoms with Crippen molar-refractivity contribution in [3.8, 4) is 0 Å². The number of nitro benzene ring substituents is 1. The molecule has 2 aliphatic rings. The van der Waals surface area contributed by atoms with E-state index < -0.39 is 27.7 Å². The molecule has 1 aromatic rings. The summed E-state index contributed by atoms with van der Waals surface area (Å²) < 4.78 is 4.32. The Morgan fingerprint density at radius 3 is 2.48 bits per heavy atom. The number of carbonyl (C=O) groups excluding carboxylic acids is 3. The van der Waals surface area contributed by atoms with Crippen LogP contribution in [0.15, 0.2) is 24.3 Å². The van der Waals surface area contributed by atoms with Gasteiger partial charge in [-0.3, -0.25) is 14.9 Å². The van der Waals surface area contributed by atoms with E-state index in [1.54, 1.807) is 0 Å². The van der Waals surface area contributed by atoms with Crippen LogP contribution < -0.4 is 0 Å². The zero-order valence-corrected chi connectivity index (χ0v) is 15.6. The van der Waals surface area contributed by atoms with Crippen LogP contribution in [-0.4, -0.2) is 48.7 Å². The van der Waals surface area contributed by atoms with Crippen molar-refractivity contribution in [3.63, 3.8) is 0 Å². The molecule has 0 spiro atoms. The predicted molar refractivity (Wildman–Crippen MR) is 92.3 cm³/mol. The van der Waals surface area contributed by atoms with E-state index in [1.165, 1.54) is 28.8 Å². The molecular formula is C15H13BrN2O6S. The van der Waals surface area contributed by atoms with Crippen LogP contribution in [0.4, 0.5) is 5.69 Å². The minimum absolute atomic E-state index is 0.0206. The van der Waals surface area contributed by atoms with Crippen LogP contribution >= 0.6 is 27.7 Å². The van der Waals surface area contributed by atoms with E-state index in [1.807, 2.05) is 13.8 Å². The Balaban J connectivity index is 1.74. The van der Waals surface area contributed by atoms with Gasteiger partial charge >= 0.3 is 11.9 Å². The van der Waals surface area contributed by atoms with Gasteiger partial charge in [0.05, 0.1) is 10.5 Å². The van der Waals surface area contributed by atoms with E-state index >= 15 is 0 Å². The second kappa shape index (κ2) is 6.10. The van der Waals surface area contributed by atoms with Crippen molar-refractivity contribution in [3.05, 3.63) is 39.9 Å². The van der Waals surface area contributed by atoms with Gasteiger partial charge < -0.3 is 9.64 Å².